The highest BCUT2D eigenvalue weighted by atomic mass is 19.1. The molecule has 0 aromatic heterocycles. The minimum atomic E-state index is -0.0781. The normalized spacial score (nSPS) is 20.0. The third-order valence-electron chi connectivity index (χ3n) is 4.51. The number of rotatable bonds is 6. The van der Waals surface area contributed by atoms with Crippen LogP contribution in [0.15, 0.2) is 18.2 Å². The van der Waals surface area contributed by atoms with E-state index in [1.807, 2.05) is 12.1 Å². The van der Waals surface area contributed by atoms with E-state index in [2.05, 4.69) is 22.0 Å². The van der Waals surface area contributed by atoms with Crippen molar-refractivity contribution in [3.05, 3.63) is 29.6 Å². The zero-order chi connectivity index (χ0) is 14.7. The molecule has 1 saturated heterocycles. The lowest BCUT2D eigenvalue weighted by atomic mass is 10.1. The summed E-state index contributed by atoms with van der Waals surface area (Å²) in [6, 6.07) is 6.28. The van der Waals surface area contributed by atoms with Gasteiger partial charge in [-0.3, -0.25) is 4.90 Å². The van der Waals surface area contributed by atoms with Crippen LogP contribution in [0.25, 0.3) is 0 Å². The van der Waals surface area contributed by atoms with Gasteiger partial charge in [0.25, 0.3) is 0 Å². The lowest BCUT2D eigenvalue weighted by Gasteiger charge is -2.37. The SMILES string of the molecule is CCCNCc1cccc(F)c1N1CCN(C2CC2)CC1. The lowest BCUT2D eigenvalue weighted by Crippen LogP contribution is -2.47. The molecule has 0 atom stereocenters. The molecule has 4 heteroatoms. The fraction of sp³-hybridized carbons (Fsp3) is 0.647. The van der Waals surface area contributed by atoms with Gasteiger partial charge in [0.1, 0.15) is 5.82 Å². The van der Waals surface area contributed by atoms with Crippen LogP contribution in [0.1, 0.15) is 31.7 Å². The van der Waals surface area contributed by atoms with Crippen molar-refractivity contribution in [2.45, 2.75) is 38.8 Å². The van der Waals surface area contributed by atoms with Gasteiger partial charge in [-0.1, -0.05) is 19.1 Å². The summed E-state index contributed by atoms with van der Waals surface area (Å²) in [6.07, 6.45) is 3.81. The average Bonchev–Trinajstić information content (AvgIpc) is 3.33. The van der Waals surface area contributed by atoms with Crippen LogP contribution >= 0.6 is 0 Å². The molecule has 1 aromatic rings. The van der Waals surface area contributed by atoms with Crippen molar-refractivity contribution < 1.29 is 4.39 Å². The van der Waals surface area contributed by atoms with Gasteiger partial charge in [0.15, 0.2) is 0 Å². The van der Waals surface area contributed by atoms with Gasteiger partial charge in [-0.05, 0) is 37.4 Å². The molecule has 0 spiro atoms. The summed E-state index contributed by atoms with van der Waals surface area (Å²) in [4.78, 5) is 4.80. The van der Waals surface area contributed by atoms with Gasteiger partial charge in [0.2, 0.25) is 0 Å². The Morgan fingerprint density at radius 2 is 1.95 bits per heavy atom. The summed E-state index contributed by atoms with van der Waals surface area (Å²) in [6.45, 7) is 7.91. The number of hydrogen-bond donors (Lipinski definition) is 1. The first-order chi connectivity index (χ1) is 10.3. The van der Waals surface area contributed by atoms with Gasteiger partial charge in [-0.2, -0.15) is 0 Å². The van der Waals surface area contributed by atoms with Crippen molar-refractivity contribution in [1.29, 1.82) is 0 Å². The van der Waals surface area contributed by atoms with Crippen LogP contribution < -0.4 is 10.2 Å². The predicted molar refractivity (Wildman–Crippen MR) is 85.2 cm³/mol. The van der Waals surface area contributed by atoms with Gasteiger partial charge < -0.3 is 10.2 Å². The largest absolute Gasteiger partial charge is 0.366 e. The third kappa shape index (κ3) is 3.55. The Morgan fingerprint density at radius 1 is 1.19 bits per heavy atom. The van der Waals surface area contributed by atoms with E-state index in [0.717, 1.165) is 63.0 Å². The molecule has 1 heterocycles. The van der Waals surface area contributed by atoms with E-state index < -0.39 is 0 Å². The number of para-hydroxylation sites is 1. The van der Waals surface area contributed by atoms with E-state index in [1.54, 1.807) is 6.07 Å². The number of nitrogens with one attached hydrogen (secondary N) is 1. The second kappa shape index (κ2) is 6.75. The lowest BCUT2D eigenvalue weighted by molar-refractivity contribution is 0.247. The van der Waals surface area contributed by atoms with Crippen molar-refractivity contribution in [3.63, 3.8) is 0 Å². The fourth-order valence-corrected chi connectivity index (χ4v) is 3.21. The van der Waals surface area contributed by atoms with E-state index in [0.29, 0.717) is 0 Å². The maximum Gasteiger partial charge on any atom is 0.146 e. The van der Waals surface area contributed by atoms with Gasteiger partial charge >= 0.3 is 0 Å². The number of anilines is 1. The van der Waals surface area contributed by atoms with Crippen LogP contribution in [0.2, 0.25) is 0 Å². The highest BCUT2D eigenvalue weighted by Crippen LogP contribution is 2.30. The molecule has 1 aliphatic heterocycles. The molecule has 3 nitrogen and oxygen atoms in total. The van der Waals surface area contributed by atoms with Crippen molar-refractivity contribution in [2.24, 2.45) is 0 Å². The Labute approximate surface area is 127 Å². The summed E-state index contributed by atoms with van der Waals surface area (Å²) in [5.41, 5.74) is 1.90. The Hall–Kier alpha value is -1.13. The number of benzene rings is 1. The topological polar surface area (TPSA) is 18.5 Å². The third-order valence-corrected chi connectivity index (χ3v) is 4.51. The first-order valence-corrected chi connectivity index (χ1v) is 8.26. The molecule has 1 aliphatic carbocycles. The molecule has 0 amide bonds. The quantitative estimate of drug-likeness (QED) is 0.813. The average molecular weight is 291 g/mol. The summed E-state index contributed by atoms with van der Waals surface area (Å²) in [7, 11) is 0. The van der Waals surface area contributed by atoms with Crippen LogP contribution in [-0.2, 0) is 6.54 Å². The number of halogens is 1. The second-order valence-electron chi connectivity index (χ2n) is 6.18. The molecule has 1 saturated carbocycles. The fourth-order valence-electron chi connectivity index (χ4n) is 3.21. The second-order valence-corrected chi connectivity index (χ2v) is 6.18. The van der Waals surface area contributed by atoms with Gasteiger partial charge in [-0.15, -0.1) is 0 Å². The van der Waals surface area contributed by atoms with Crippen LogP contribution in [0, 0.1) is 5.82 Å². The molecule has 1 N–H and O–H groups in total. The minimum absolute atomic E-state index is 0.0781. The molecular weight excluding hydrogens is 265 g/mol. The van der Waals surface area contributed by atoms with E-state index in [1.165, 1.54) is 12.8 Å². The van der Waals surface area contributed by atoms with Crippen LogP contribution in [0.3, 0.4) is 0 Å². The van der Waals surface area contributed by atoms with E-state index in [-0.39, 0.29) is 5.82 Å². The molecule has 116 valence electrons. The summed E-state index contributed by atoms with van der Waals surface area (Å²) in [5.74, 6) is -0.0781. The molecule has 0 unspecified atom stereocenters. The van der Waals surface area contributed by atoms with E-state index >= 15 is 0 Å². The molecule has 0 bridgehead atoms. The Balaban J connectivity index is 1.68. The molecule has 1 aromatic carbocycles. The predicted octanol–water partition coefficient (Wildman–Crippen LogP) is 2.61. The molecule has 21 heavy (non-hydrogen) atoms. The van der Waals surface area contributed by atoms with E-state index in [4.69, 9.17) is 0 Å². The molecular formula is C17H26FN3. The standard InChI is InChI=1S/C17H26FN3/c1-2-8-19-13-14-4-3-5-16(18)17(14)21-11-9-20(10-12-21)15-6-7-15/h3-5,15,19H,2,6-13H2,1H3. The maximum absolute atomic E-state index is 14.3. The highest BCUT2D eigenvalue weighted by molar-refractivity contribution is 5.55. The molecule has 2 fully saturated rings. The maximum atomic E-state index is 14.3. The summed E-state index contributed by atoms with van der Waals surface area (Å²) < 4.78 is 14.3. The smallest absolute Gasteiger partial charge is 0.146 e. The Morgan fingerprint density at radius 3 is 2.62 bits per heavy atom. The van der Waals surface area contributed by atoms with E-state index in [9.17, 15) is 4.39 Å². The highest BCUT2D eigenvalue weighted by Gasteiger charge is 2.32. The first kappa shape index (κ1) is 14.8. The van der Waals surface area contributed by atoms with Crippen molar-refractivity contribution >= 4 is 5.69 Å². The van der Waals surface area contributed by atoms with Gasteiger partial charge in [0, 0.05) is 38.8 Å². The first-order valence-electron chi connectivity index (χ1n) is 8.26. The number of piperazine rings is 1. The Bertz CT molecular complexity index is 465. The van der Waals surface area contributed by atoms with Crippen molar-refractivity contribution in [3.8, 4) is 0 Å². The zero-order valence-electron chi connectivity index (χ0n) is 12.9. The van der Waals surface area contributed by atoms with Crippen LogP contribution in [0.5, 0.6) is 0 Å². The van der Waals surface area contributed by atoms with Crippen LogP contribution in [0.4, 0.5) is 10.1 Å². The number of hydrogen-bond acceptors (Lipinski definition) is 3. The summed E-state index contributed by atoms with van der Waals surface area (Å²) in [5, 5.41) is 3.39. The van der Waals surface area contributed by atoms with Crippen LogP contribution in [-0.4, -0.2) is 43.7 Å². The van der Waals surface area contributed by atoms with Crippen molar-refractivity contribution in [2.75, 3.05) is 37.6 Å². The van der Waals surface area contributed by atoms with Gasteiger partial charge in [0.05, 0.1) is 5.69 Å². The molecule has 2 aliphatic rings. The Kier molecular flexibility index (Phi) is 4.76. The monoisotopic (exact) mass is 291 g/mol. The molecule has 0 radical (unpaired) electrons. The minimum Gasteiger partial charge on any atom is -0.366 e. The molecule has 3 rings (SSSR count). The van der Waals surface area contributed by atoms with Crippen molar-refractivity contribution in [1.82, 2.24) is 10.2 Å². The van der Waals surface area contributed by atoms with Gasteiger partial charge in [-0.25, -0.2) is 4.39 Å². The zero-order valence-corrected chi connectivity index (χ0v) is 12.9. The number of nitrogens with zero attached hydrogens (tertiary/aromatic N) is 2. The summed E-state index contributed by atoms with van der Waals surface area (Å²) >= 11 is 0.